The molecule has 0 spiro atoms. The van der Waals surface area contributed by atoms with Crippen LogP contribution in [0.15, 0.2) is 11.1 Å². The zero-order chi connectivity index (χ0) is 11.1. The van der Waals surface area contributed by atoms with Gasteiger partial charge in [-0.25, -0.2) is 0 Å². The lowest BCUT2D eigenvalue weighted by atomic mass is 9.64. The largest absolute Gasteiger partial charge is 0.389 e. The minimum atomic E-state index is -0.346. The summed E-state index contributed by atoms with van der Waals surface area (Å²) in [6, 6.07) is 0. The maximum Gasteiger partial charge on any atom is 0.0808 e. The first kappa shape index (κ1) is 10.8. The Morgan fingerprint density at radius 2 is 1.75 bits per heavy atom. The molecule has 0 radical (unpaired) electrons. The molecule has 0 amide bonds. The van der Waals surface area contributed by atoms with E-state index in [4.69, 9.17) is 0 Å². The van der Waals surface area contributed by atoms with Gasteiger partial charge in [0.2, 0.25) is 0 Å². The molecule has 1 fully saturated rings. The highest BCUT2D eigenvalue weighted by molar-refractivity contribution is 5.29. The molecule has 4 atom stereocenters. The van der Waals surface area contributed by atoms with Crippen LogP contribution in [0.5, 0.6) is 0 Å². The zero-order valence-corrected chi connectivity index (χ0v) is 9.86. The summed E-state index contributed by atoms with van der Waals surface area (Å²) >= 11 is 0. The zero-order valence-electron chi connectivity index (χ0n) is 9.86. The highest BCUT2D eigenvalue weighted by Crippen LogP contribution is 2.46. The van der Waals surface area contributed by atoms with Crippen LogP contribution in [0.25, 0.3) is 0 Å². The lowest BCUT2D eigenvalue weighted by Gasteiger charge is -2.44. The Bertz CT molecular complexity index is 308. The Hall–Kier alpha value is -0.340. The van der Waals surface area contributed by atoms with E-state index in [0.29, 0.717) is 11.8 Å². The SMILES string of the molecule is OC1CCCC2=C1C(O)C1CCCCC1C2. The van der Waals surface area contributed by atoms with E-state index in [1.54, 1.807) is 0 Å². The maximum atomic E-state index is 10.5. The van der Waals surface area contributed by atoms with Crippen molar-refractivity contribution in [2.45, 2.75) is 63.6 Å². The fourth-order valence-corrected chi connectivity index (χ4v) is 4.12. The molecule has 3 aliphatic carbocycles. The molecule has 16 heavy (non-hydrogen) atoms. The van der Waals surface area contributed by atoms with Crippen molar-refractivity contribution >= 4 is 0 Å². The molecule has 2 nitrogen and oxygen atoms in total. The minimum Gasteiger partial charge on any atom is -0.389 e. The molecule has 0 aromatic rings. The summed E-state index contributed by atoms with van der Waals surface area (Å²) in [4.78, 5) is 0. The standard InChI is InChI=1S/C14H22O2/c15-12-7-3-5-10-8-9-4-1-2-6-11(9)14(16)13(10)12/h9,11-12,14-16H,1-8H2. The van der Waals surface area contributed by atoms with Gasteiger partial charge in [-0.15, -0.1) is 0 Å². The third-order valence-corrected chi connectivity index (χ3v) is 4.92. The van der Waals surface area contributed by atoms with E-state index in [1.165, 1.54) is 24.8 Å². The van der Waals surface area contributed by atoms with Crippen molar-refractivity contribution in [3.05, 3.63) is 11.1 Å². The number of fused-ring (bicyclic) bond motifs is 1. The fraction of sp³-hybridized carbons (Fsp3) is 0.857. The summed E-state index contributed by atoms with van der Waals surface area (Å²) in [5.41, 5.74) is 2.42. The van der Waals surface area contributed by atoms with Crippen LogP contribution < -0.4 is 0 Å². The van der Waals surface area contributed by atoms with Gasteiger partial charge in [-0.1, -0.05) is 18.4 Å². The van der Waals surface area contributed by atoms with Crippen molar-refractivity contribution in [3.8, 4) is 0 Å². The van der Waals surface area contributed by atoms with Gasteiger partial charge < -0.3 is 10.2 Å². The van der Waals surface area contributed by atoms with Crippen molar-refractivity contribution in [2.24, 2.45) is 11.8 Å². The van der Waals surface area contributed by atoms with Gasteiger partial charge in [-0.05, 0) is 55.9 Å². The van der Waals surface area contributed by atoms with Crippen molar-refractivity contribution in [1.29, 1.82) is 0 Å². The maximum absolute atomic E-state index is 10.5. The Morgan fingerprint density at radius 3 is 2.62 bits per heavy atom. The van der Waals surface area contributed by atoms with E-state index in [1.807, 2.05) is 0 Å². The second-order valence-corrected chi connectivity index (χ2v) is 5.82. The van der Waals surface area contributed by atoms with E-state index in [0.717, 1.165) is 37.7 Å². The van der Waals surface area contributed by atoms with Gasteiger partial charge in [-0.3, -0.25) is 0 Å². The fourth-order valence-electron chi connectivity index (χ4n) is 4.12. The van der Waals surface area contributed by atoms with Crippen LogP contribution in [0.2, 0.25) is 0 Å². The molecule has 0 aromatic heterocycles. The summed E-state index contributed by atoms with van der Waals surface area (Å²) in [5.74, 6) is 1.15. The van der Waals surface area contributed by atoms with Crippen LogP contribution in [-0.4, -0.2) is 22.4 Å². The molecule has 1 saturated carbocycles. The number of hydrogen-bond donors (Lipinski definition) is 2. The van der Waals surface area contributed by atoms with E-state index >= 15 is 0 Å². The first-order chi connectivity index (χ1) is 7.77. The van der Waals surface area contributed by atoms with Gasteiger partial charge in [0, 0.05) is 0 Å². The van der Waals surface area contributed by atoms with E-state index < -0.39 is 0 Å². The third-order valence-electron chi connectivity index (χ3n) is 4.92. The van der Waals surface area contributed by atoms with Gasteiger partial charge in [0.15, 0.2) is 0 Å². The Labute approximate surface area is 97.4 Å². The molecule has 3 aliphatic rings. The van der Waals surface area contributed by atoms with E-state index in [2.05, 4.69) is 0 Å². The topological polar surface area (TPSA) is 40.5 Å². The highest BCUT2D eigenvalue weighted by atomic mass is 16.3. The molecular formula is C14H22O2. The van der Waals surface area contributed by atoms with Crippen LogP contribution in [0.3, 0.4) is 0 Å². The highest BCUT2D eigenvalue weighted by Gasteiger charge is 2.41. The average Bonchev–Trinajstić information content (AvgIpc) is 2.29. The molecule has 0 aromatic carbocycles. The van der Waals surface area contributed by atoms with Gasteiger partial charge in [0.1, 0.15) is 0 Å². The van der Waals surface area contributed by atoms with Crippen LogP contribution in [0, 0.1) is 11.8 Å². The van der Waals surface area contributed by atoms with E-state index in [-0.39, 0.29) is 12.2 Å². The average molecular weight is 222 g/mol. The van der Waals surface area contributed by atoms with Crippen molar-refractivity contribution < 1.29 is 10.2 Å². The molecule has 0 bridgehead atoms. The molecule has 2 heteroatoms. The Morgan fingerprint density at radius 1 is 0.938 bits per heavy atom. The lowest BCUT2D eigenvalue weighted by Crippen LogP contribution is -2.41. The first-order valence-electron chi connectivity index (χ1n) is 6.85. The summed E-state index contributed by atoms with van der Waals surface area (Å²) in [6.07, 6.45) is 8.60. The number of allylic oxidation sites excluding steroid dienone is 1. The smallest absolute Gasteiger partial charge is 0.0808 e. The molecule has 3 rings (SSSR count). The van der Waals surface area contributed by atoms with Gasteiger partial charge in [0.25, 0.3) is 0 Å². The minimum absolute atomic E-state index is 0.329. The predicted octanol–water partition coefficient (Wildman–Crippen LogP) is 2.40. The monoisotopic (exact) mass is 222 g/mol. The molecule has 2 N–H and O–H groups in total. The summed E-state index contributed by atoms with van der Waals surface area (Å²) in [5, 5.41) is 20.5. The van der Waals surface area contributed by atoms with E-state index in [9.17, 15) is 10.2 Å². The van der Waals surface area contributed by atoms with Gasteiger partial charge >= 0.3 is 0 Å². The van der Waals surface area contributed by atoms with Crippen LogP contribution >= 0.6 is 0 Å². The number of aliphatic hydroxyl groups is 2. The molecule has 0 aliphatic heterocycles. The normalized spacial score (nSPS) is 43.9. The summed E-state index contributed by atoms with van der Waals surface area (Å²) < 4.78 is 0. The predicted molar refractivity (Wildman–Crippen MR) is 63.0 cm³/mol. The molecule has 0 saturated heterocycles. The summed E-state index contributed by atoms with van der Waals surface area (Å²) in [7, 11) is 0. The van der Waals surface area contributed by atoms with Gasteiger partial charge in [0.05, 0.1) is 12.2 Å². The first-order valence-corrected chi connectivity index (χ1v) is 6.85. The van der Waals surface area contributed by atoms with Gasteiger partial charge in [-0.2, -0.15) is 0 Å². The Kier molecular flexibility index (Phi) is 2.80. The number of aliphatic hydroxyl groups excluding tert-OH is 2. The second kappa shape index (κ2) is 4.15. The molecule has 4 unspecified atom stereocenters. The Balaban J connectivity index is 1.91. The third kappa shape index (κ3) is 1.63. The van der Waals surface area contributed by atoms with Crippen molar-refractivity contribution in [3.63, 3.8) is 0 Å². The number of rotatable bonds is 0. The van der Waals surface area contributed by atoms with Crippen molar-refractivity contribution in [1.82, 2.24) is 0 Å². The lowest BCUT2D eigenvalue weighted by molar-refractivity contribution is 0.0318. The molecule has 0 heterocycles. The number of hydrogen-bond acceptors (Lipinski definition) is 2. The molecule has 90 valence electrons. The van der Waals surface area contributed by atoms with Crippen LogP contribution in [0.4, 0.5) is 0 Å². The van der Waals surface area contributed by atoms with Crippen molar-refractivity contribution in [2.75, 3.05) is 0 Å². The summed E-state index contributed by atoms with van der Waals surface area (Å²) in [6.45, 7) is 0. The quantitative estimate of drug-likeness (QED) is 0.618. The van der Waals surface area contributed by atoms with Crippen LogP contribution in [0.1, 0.15) is 51.4 Å². The molecular weight excluding hydrogens is 200 g/mol. The van der Waals surface area contributed by atoms with Crippen LogP contribution in [-0.2, 0) is 0 Å². The second-order valence-electron chi connectivity index (χ2n) is 5.82.